The molecule has 1 aromatic carbocycles. The van der Waals surface area contributed by atoms with Crippen molar-refractivity contribution in [3.63, 3.8) is 0 Å². The Hall–Kier alpha value is -1.52. The fourth-order valence-electron chi connectivity index (χ4n) is 2.46. The minimum absolute atomic E-state index is 0.327. The number of phenolic OH excluding ortho intramolecular Hbond substituents is 1. The fraction of sp³-hybridized carbons (Fsp3) is 0.429. The molecule has 0 saturated carbocycles. The second-order valence-electron chi connectivity index (χ2n) is 4.71. The van der Waals surface area contributed by atoms with E-state index in [1.807, 2.05) is 12.1 Å². The second kappa shape index (κ2) is 5.00. The van der Waals surface area contributed by atoms with E-state index in [2.05, 4.69) is 15.7 Å². The Kier molecular flexibility index (Phi) is 3.21. The number of fused-ring (bicyclic) bond motifs is 1. The minimum atomic E-state index is 0.327. The van der Waals surface area contributed by atoms with Gasteiger partial charge in [0.1, 0.15) is 5.75 Å². The first-order chi connectivity index (χ1) is 8.83. The Labute approximate surface area is 106 Å². The van der Waals surface area contributed by atoms with Gasteiger partial charge in [0, 0.05) is 43.3 Å². The third kappa shape index (κ3) is 2.35. The predicted octanol–water partition coefficient (Wildman–Crippen LogP) is 1.68. The fourth-order valence-corrected chi connectivity index (χ4v) is 2.46. The predicted molar refractivity (Wildman–Crippen MR) is 70.9 cm³/mol. The highest BCUT2D eigenvalue weighted by Gasteiger charge is 2.10. The standard InChI is InChI=1S/C14H18N2O2/c17-13-1-2-14-12(11-13)3-4-16(14)6-5-15-7-9-18-10-8-15/h1-4,11,17H,5-10H2. The van der Waals surface area contributed by atoms with Crippen LogP contribution < -0.4 is 0 Å². The summed E-state index contributed by atoms with van der Waals surface area (Å²) in [6, 6.07) is 7.58. The normalized spacial score (nSPS) is 17.3. The van der Waals surface area contributed by atoms with Gasteiger partial charge in [0.2, 0.25) is 0 Å². The van der Waals surface area contributed by atoms with Gasteiger partial charge in [-0.3, -0.25) is 4.90 Å². The van der Waals surface area contributed by atoms with Crippen molar-refractivity contribution >= 4 is 10.9 Å². The summed E-state index contributed by atoms with van der Waals surface area (Å²) in [5, 5.41) is 10.5. The number of morpholine rings is 1. The van der Waals surface area contributed by atoms with Gasteiger partial charge in [-0.15, -0.1) is 0 Å². The third-order valence-corrected chi connectivity index (χ3v) is 3.52. The summed E-state index contributed by atoms with van der Waals surface area (Å²) in [6.45, 7) is 5.78. The van der Waals surface area contributed by atoms with Gasteiger partial charge in [0.25, 0.3) is 0 Å². The van der Waals surface area contributed by atoms with Crippen LogP contribution in [0.5, 0.6) is 5.75 Å². The summed E-state index contributed by atoms with van der Waals surface area (Å²) in [5.41, 5.74) is 1.18. The molecule has 0 aliphatic carbocycles. The molecule has 3 rings (SSSR count). The van der Waals surface area contributed by atoms with Gasteiger partial charge in [-0.1, -0.05) is 0 Å². The maximum absolute atomic E-state index is 9.44. The van der Waals surface area contributed by atoms with Gasteiger partial charge >= 0.3 is 0 Å². The zero-order valence-corrected chi connectivity index (χ0v) is 10.4. The van der Waals surface area contributed by atoms with E-state index < -0.39 is 0 Å². The SMILES string of the molecule is Oc1ccc2c(ccn2CCN2CCOCC2)c1. The number of ether oxygens (including phenoxy) is 1. The number of rotatable bonds is 3. The molecule has 1 aromatic heterocycles. The van der Waals surface area contributed by atoms with Gasteiger partial charge in [0.15, 0.2) is 0 Å². The lowest BCUT2D eigenvalue weighted by Gasteiger charge is -2.26. The summed E-state index contributed by atoms with van der Waals surface area (Å²) in [7, 11) is 0. The van der Waals surface area contributed by atoms with Crippen LogP contribution in [0.3, 0.4) is 0 Å². The molecule has 96 valence electrons. The van der Waals surface area contributed by atoms with E-state index in [4.69, 9.17) is 4.74 Å². The van der Waals surface area contributed by atoms with Crippen molar-refractivity contribution in [1.82, 2.24) is 9.47 Å². The van der Waals surface area contributed by atoms with Crippen LogP contribution in [0.2, 0.25) is 0 Å². The number of nitrogens with zero attached hydrogens (tertiary/aromatic N) is 2. The van der Waals surface area contributed by atoms with Crippen molar-refractivity contribution < 1.29 is 9.84 Å². The van der Waals surface area contributed by atoms with Crippen molar-refractivity contribution in [3.8, 4) is 5.75 Å². The van der Waals surface area contributed by atoms with E-state index in [0.29, 0.717) is 5.75 Å². The molecule has 4 heteroatoms. The molecule has 0 bridgehead atoms. The number of aromatic nitrogens is 1. The first kappa shape index (κ1) is 11.6. The van der Waals surface area contributed by atoms with Crippen molar-refractivity contribution in [2.75, 3.05) is 32.8 Å². The third-order valence-electron chi connectivity index (χ3n) is 3.52. The Morgan fingerprint density at radius 1 is 1.11 bits per heavy atom. The van der Waals surface area contributed by atoms with E-state index in [-0.39, 0.29) is 0 Å². The van der Waals surface area contributed by atoms with E-state index in [9.17, 15) is 5.11 Å². The highest BCUT2D eigenvalue weighted by atomic mass is 16.5. The van der Waals surface area contributed by atoms with Crippen LogP contribution in [0.15, 0.2) is 30.5 Å². The maximum atomic E-state index is 9.44. The highest BCUT2D eigenvalue weighted by Crippen LogP contribution is 2.20. The number of hydrogen-bond donors (Lipinski definition) is 1. The van der Waals surface area contributed by atoms with Crippen molar-refractivity contribution in [1.29, 1.82) is 0 Å². The summed E-state index contributed by atoms with van der Waals surface area (Å²) in [4.78, 5) is 2.43. The molecular weight excluding hydrogens is 228 g/mol. The van der Waals surface area contributed by atoms with E-state index >= 15 is 0 Å². The van der Waals surface area contributed by atoms with Crippen LogP contribution in [-0.2, 0) is 11.3 Å². The minimum Gasteiger partial charge on any atom is -0.508 e. The van der Waals surface area contributed by atoms with Crippen molar-refractivity contribution in [2.45, 2.75) is 6.54 Å². The van der Waals surface area contributed by atoms with Crippen LogP contribution in [0.1, 0.15) is 0 Å². The van der Waals surface area contributed by atoms with Gasteiger partial charge in [-0.2, -0.15) is 0 Å². The van der Waals surface area contributed by atoms with E-state index in [1.165, 1.54) is 5.52 Å². The lowest BCUT2D eigenvalue weighted by molar-refractivity contribution is 0.0365. The molecule has 1 aliphatic heterocycles. The summed E-state index contributed by atoms with van der Waals surface area (Å²) in [6.07, 6.45) is 2.09. The quantitative estimate of drug-likeness (QED) is 0.895. The van der Waals surface area contributed by atoms with Crippen LogP contribution >= 0.6 is 0 Å². The molecule has 1 saturated heterocycles. The molecule has 18 heavy (non-hydrogen) atoms. The Bertz CT molecular complexity index is 530. The van der Waals surface area contributed by atoms with Crippen LogP contribution in [0.4, 0.5) is 0 Å². The van der Waals surface area contributed by atoms with Crippen LogP contribution in [0, 0.1) is 0 Å². The number of hydrogen-bond acceptors (Lipinski definition) is 3. The molecule has 2 heterocycles. The molecule has 0 spiro atoms. The summed E-state index contributed by atoms with van der Waals surface area (Å²) < 4.78 is 7.58. The van der Waals surface area contributed by atoms with E-state index in [1.54, 1.807) is 12.1 Å². The van der Waals surface area contributed by atoms with Gasteiger partial charge in [-0.25, -0.2) is 0 Å². The second-order valence-corrected chi connectivity index (χ2v) is 4.71. The van der Waals surface area contributed by atoms with Gasteiger partial charge in [0.05, 0.1) is 13.2 Å². The van der Waals surface area contributed by atoms with Gasteiger partial charge < -0.3 is 14.4 Å². The first-order valence-electron chi connectivity index (χ1n) is 6.41. The number of benzene rings is 1. The average molecular weight is 246 g/mol. The molecule has 4 nitrogen and oxygen atoms in total. The van der Waals surface area contributed by atoms with Crippen molar-refractivity contribution in [2.24, 2.45) is 0 Å². The summed E-state index contributed by atoms with van der Waals surface area (Å²) >= 11 is 0. The first-order valence-corrected chi connectivity index (χ1v) is 6.41. The zero-order chi connectivity index (χ0) is 12.4. The lowest BCUT2D eigenvalue weighted by Crippen LogP contribution is -2.38. The van der Waals surface area contributed by atoms with Crippen LogP contribution in [-0.4, -0.2) is 47.4 Å². The van der Waals surface area contributed by atoms with Gasteiger partial charge in [-0.05, 0) is 24.3 Å². The largest absolute Gasteiger partial charge is 0.508 e. The van der Waals surface area contributed by atoms with E-state index in [0.717, 1.165) is 44.8 Å². The summed E-state index contributed by atoms with van der Waals surface area (Å²) in [5.74, 6) is 0.327. The average Bonchev–Trinajstić information content (AvgIpc) is 2.80. The Morgan fingerprint density at radius 2 is 1.94 bits per heavy atom. The number of phenols is 1. The Morgan fingerprint density at radius 3 is 2.78 bits per heavy atom. The molecule has 0 atom stereocenters. The molecule has 1 N–H and O–H groups in total. The zero-order valence-electron chi connectivity index (χ0n) is 10.4. The van der Waals surface area contributed by atoms with Crippen LogP contribution in [0.25, 0.3) is 10.9 Å². The molecule has 0 amide bonds. The highest BCUT2D eigenvalue weighted by molar-refractivity contribution is 5.81. The van der Waals surface area contributed by atoms with Crippen molar-refractivity contribution in [3.05, 3.63) is 30.5 Å². The monoisotopic (exact) mass is 246 g/mol. The Balaban J connectivity index is 1.70. The molecule has 1 aliphatic rings. The maximum Gasteiger partial charge on any atom is 0.116 e. The lowest BCUT2D eigenvalue weighted by atomic mass is 10.2. The molecule has 1 fully saturated rings. The molecule has 2 aromatic rings. The molecule has 0 unspecified atom stereocenters. The smallest absolute Gasteiger partial charge is 0.116 e. The topological polar surface area (TPSA) is 37.6 Å². The molecule has 0 radical (unpaired) electrons. The number of aromatic hydroxyl groups is 1. The molecular formula is C14H18N2O2.